The van der Waals surface area contributed by atoms with Gasteiger partial charge in [0.15, 0.2) is 11.5 Å². The Morgan fingerprint density at radius 2 is 1.67 bits per heavy atom. The van der Waals surface area contributed by atoms with Gasteiger partial charge in [0, 0.05) is 46.2 Å². The fourth-order valence-corrected chi connectivity index (χ4v) is 4.69. The Kier molecular flexibility index (Phi) is 8.70. The second-order valence-electron chi connectivity index (χ2n) is 9.93. The lowest BCUT2D eigenvalue weighted by Crippen LogP contribution is -2.53. The van der Waals surface area contributed by atoms with E-state index >= 15 is 0 Å². The van der Waals surface area contributed by atoms with Gasteiger partial charge in [0.05, 0.1) is 25.8 Å². The van der Waals surface area contributed by atoms with Crippen molar-refractivity contribution in [1.29, 1.82) is 0 Å². The Balaban J connectivity index is 1.27. The van der Waals surface area contributed by atoms with Crippen molar-refractivity contribution >= 4 is 11.9 Å². The molecular formula is C28H38N4O4. The van der Waals surface area contributed by atoms with Crippen molar-refractivity contribution in [2.24, 2.45) is 5.92 Å². The summed E-state index contributed by atoms with van der Waals surface area (Å²) in [5.41, 5.74) is 2.12. The van der Waals surface area contributed by atoms with E-state index in [-0.39, 0.29) is 23.9 Å². The molecule has 0 bridgehead atoms. The Morgan fingerprint density at radius 1 is 0.972 bits per heavy atom. The summed E-state index contributed by atoms with van der Waals surface area (Å²) in [5, 5.41) is 3.22. The normalized spacial score (nSPS) is 16.8. The molecule has 0 unspecified atom stereocenters. The quantitative estimate of drug-likeness (QED) is 0.638. The molecule has 2 heterocycles. The number of carbonyl (C=O) groups is 2. The molecule has 0 aromatic heterocycles. The molecule has 3 amide bonds. The minimum atomic E-state index is -0.121. The van der Waals surface area contributed by atoms with E-state index < -0.39 is 0 Å². The van der Waals surface area contributed by atoms with Crippen LogP contribution in [0, 0.1) is 5.92 Å². The minimum absolute atomic E-state index is 0.0122. The Bertz CT molecular complexity index is 1020. The average Bonchev–Trinajstić information content (AvgIpc) is 3.13. The number of benzene rings is 2. The van der Waals surface area contributed by atoms with Crippen molar-refractivity contribution < 1.29 is 19.1 Å². The fraction of sp³-hybridized carbons (Fsp3) is 0.500. The second kappa shape index (κ2) is 12.1. The molecule has 194 valence electrons. The maximum atomic E-state index is 13.0. The summed E-state index contributed by atoms with van der Waals surface area (Å²) in [5.74, 6) is 1.70. The van der Waals surface area contributed by atoms with Crippen LogP contribution in [-0.4, -0.2) is 79.6 Å². The van der Waals surface area contributed by atoms with E-state index in [0.717, 1.165) is 29.0 Å². The Labute approximate surface area is 214 Å². The van der Waals surface area contributed by atoms with E-state index in [9.17, 15) is 9.59 Å². The lowest BCUT2D eigenvalue weighted by atomic mass is 9.95. The van der Waals surface area contributed by atoms with Gasteiger partial charge >= 0.3 is 6.03 Å². The predicted molar refractivity (Wildman–Crippen MR) is 139 cm³/mol. The molecule has 36 heavy (non-hydrogen) atoms. The summed E-state index contributed by atoms with van der Waals surface area (Å²) in [6, 6.07) is 15.8. The van der Waals surface area contributed by atoms with Gasteiger partial charge in [-0.2, -0.15) is 0 Å². The third-order valence-electron chi connectivity index (χ3n) is 6.71. The topological polar surface area (TPSA) is 74.4 Å². The summed E-state index contributed by atoms with van der Waals surface area (Å²) in [4.78, 5) is 31.6. The molecule has 0 radical (unpaired) electrons. The number of nitrogens with zero attached hydrogens (tertiary/aromatic N) is 3. The van der Waals surface area contributed by atoms with E-state index in [0.29, 0.717) is 52.5 Å². The number of hydrogen-bond donors (Lipinski definition) is 1. The van der Waals surface area contributed by atoms with E-state index in [2.05, 4.69) is 24.1 Å². The molecule has 1 atom stereocenters. The zero-order valence-corrected chi connectivity index (χ0v) is 21.6. The van der Waals surface area contributed by atoms with Gasteiger partial charge in [-0.3, -0.25) is 9.69 Å². The standard InChI is InChI=1S/C28H38N4O4/c1-21(2)27(23-10-11-24-25(18-23)36-17-7-16-35-24)29-26(33)20-31-12-14-32(15-13-31)28(34)30(3)19-22-8-5-4-6-9-22/h4-6,8-11,18,21,27H,7,12-17,19-20H2,1-3H3,(H,29,33)/t27-/m1/s1. The number of amides is 3. The highest BCUT2D eigenvalue weighted by Gasteiger charge is 2.26. The van der Waals surface area contributed by atoms with E-state index in [1.165, 1.54) is 0 Å². The van der Waals surface area contributed by atoms with Gasteiger partial charge in [0.25, 0.3) is 0 Å². The predicted octanol–water partition coefficient (Wildman–Crippen LogP) is 3.53. The molecule has 0 spiro atoms. The summed E-state index contributed by atoms with van der Waals surface area (Å²) >= 11 is 0. The van der Waals surface area contributed by atoms with Crippen LogP contribution in [0.2, 0.25) is 0 Å². The fourth-order valence-electron chi connectivity index (χ4n) is 4.69. The first-order valence-electron chi connectivity index (χ1n) is 12.9. The van der Waals surface area contributed by atoms with E-state index in [1.807, 2.05) is 60.5 Å². The number of carbonyl (C=O) groups excluding carboxylic acids is 2. The Morgan fingerprint density at radius 3 is 2.36 bits per heavy atom. The first-order chi connectivity index (χ1) is 17.4. The van der Waals surface area contributed by atoms with Crippen molar-refractivity contribution in [2.45, 2.75) is 32.9 Å². The molecule has 0 saturated carbocycles. The lowest BCUT2D eigenvalue weighted by molar-refractivity contribution is -0.123. The van der Waals surface area contributed by atoms with Crippen LogP contribution in [0.5, 0.6) is 11.5 Å². The molecule has 0 aliphatic carbocycles. The van der Waals surface area contributed by atoms with Crippen molar-refractivity contribution in [1.82, 2.24) is 20.0 Å². The van der Waals surface area contributed by atoms with Crippen LogP contribution in [0.3, 0.4) is 0 Å². The molecule has 4 rings (SSSR count). The summed E-state index contributed by atoms with van der Waals surface area (Å²) < 4.78 is 11.6. The maximum absolute atomic E-state index is 13.0. The molecule has 1 saturated heterocycles. The minimum Gasteiger partial charge on any atom is -0.490 e. The number of urea groups is 1. The molecule has 2 aliphatic heterocycles. The first kappa shape index (κ1) is 25.8. The van der Waals surface area contributed by atoms with Crippen LogP contribution in [-0.2, 0) is 11.3 Å². The van der Waals surface area contributed by atoms with Gasteiger partial charge in [-0.1, -0.05) is 50.2 Å². The summed E-state index contributed by atoms with van der Waals surface area (Å²) in [7, 11) is 1.83. The molecule has 2 aromatic carbocycles. The number of rotatable bonds is 7. The largest absolute Gasteiger partial charge is 0.490 e. The van der Waals surface area contributed by atoms with Crippen LogP contribution >= 0.6 is 0 Å². The lowest BCUT2D eigenvalue weighted by Gasteiger charge is -2.36. The van der Waals surface area contributed by atoms with Gasteiger partial charge in [0.1, 0.15) is 0 Å². The zero-order chi connectivity index (χ0) is 25.5. The molecule has 1 N–H and O–H groups in total. The second-order valence-corrected chi connectivity index (χ2v) is 9.93. The van der Waals surface area contributed by atoms with E-state index in [1.54, 1.807) is 4.90 Å². The molecule has 2 aliphatic rings. The smallest absolute Gasteiger partial charge is 0.320 e. The third kappa shape index (κ3) is 6.69. The highest BCUT2D eigenvalue weighted by molar-refractivity contribution is 5.79. The molecule has 1 fully saturated rings. The monoisotopic (exact) mass is 494 g/mol. The zero-order valence-electron chi connectivity index (χ0n) is 21.6. The molecule has 2 aromatic rings. The van der Waals surface area contributed by atoms with Gasteiger partial charge in [-0.05, 0) is 29.2 Å². The highest BCUT2D eigenvalue weighted by Crippen LogP contribution is 2.34. The first-order valence-corrected chi connectivity index (χ1v) is 12.9. The van der Waals surface area contributed by atoms with Crippen LogP contribution in [0.4, 0.5) is 4.79 Å². The number of ether oxygens (including phenoxy) is 2. The van der Waals surface area contributed by atoms with Gasteiger partial charge in [-0.15, -0.1) is 0 Å². The average molecular weight is 495 g/mol. The van der Waals surface area contributed by atoms with Crippen molar-refractivity contribution in [2.75, 3.05) is 53.0 Å². The number of nitrogens with one attached hydrogen (secondary N) is 1. The molecule has 8 nitrogen and oxygen atoms in total. The van der Waals surface area contributed by atoms with Gasteiger partial charge in [0.2, 0.25) is 5.91 Å². The number of piperazine rings is 1. The van der Waals surface area contributed by atoms with Crippen LogP contribution < -0.4 is 14.8 Å². The van der Waals surface area contributed by atoms with Crippen LogP contribution in [0.25, 0.3) is 0 Å². The SMILES string of the molecule is CC(C)[C@@H](NC(=O)CN1CCN(C(=O)N(C)Cc2ccccc2)CC1)c1ccc2c(c1)OCCCO2. The highest BCUT2D eigenvalue weighted by atomic mass is 16.5. The molecular weight excluding hydrogens is 456 g/mol. The van der Waals surface area contributed by atoms with Crippen LogP contribution in [0.1, 0.15) is 37.4 Å². The molecule has 8 heteroatoms. The number of fused-ring (bicyclic) bond motifs is 1. The maximum Gasteiger partial charge on any atom is 0.320 e. The third-order valence-corrected chi connectivity index (χ3v) is 6.71. The van der Waals surface area contributed by atoms with Crippen molar-refractivity contribution in [3.63, 3.8) is 0 Å². The van der Waals surface area contributed by atoms with Gasteiger partial charge < -0.3 is 24.6 Å². The Hall–Kier alpha value is -3.26. The van der Waals surface area contributed by atoms with Crippen molar-refractivity contribution in [3.05, 3.63) is 59.7 Å². The summed E-state index contributed by atoms with van der Waals surface area (Å²) in [6.07, 6.45) is 0.858. The van der Waals surface area contributed by atoms with Crippen molar-refractivity contribution in [3.8, 4) is 11.5 Å². The number of hydrogen-bond acceptors (Lipinski definition) is 5. The van der Waals surface area contributed by atoms with E-state index in [4.69, 9.17) is 9.47 Å². The summed E-state index contributed by atoms with van der Waals surface area (Å²) in [6.45, 7) is 8.96. The van der Waals surface area contributed by atoms with Gasteiger partial charge in [-0.25, -0.2) is 4.79 Å². The van der Waals surface area contributed by atoms with Crippen LogP contribution in [0.15, 0.2) is 48.5 Å².